The second-order valence-corrected chi connectivity index (χ2v) is 5.78. The first-order valence-electron chi connectivity index (χ1n) is 7.58. The zero-order valence-corrected chi connectivity index (χ0v) is 13.0. The van der Waals surface area contributed by atoms with Gasteiger partial charge >= 0.3 is 6.03 Å². The lowest BCUT2D eigenvalue weighted by molar-refractivity contribution is 0.201. The predicted molar refractivity (Wildman–Crippen MR) is 80.2 cm³/mol. The van der Waals surface area contributed by atoms with Crippen LogP contribution in [-0.2, 0) is 25.9 Å². The summed E-state index contributed by atoms with van der Waals surface area (Å²) < 4.78 is 7.40. The van der Waals surface area contributed by atoms with Gasteiger partial charge in [0.1, 0.15) is 11.6 Å². The van der Waals surface area contributed by atoms with Gasteiger partial charge < -0.3 is 19.2 Å². The first kappa shape index (κ1) is 14.6. The zero-order valence-electron chi connectivity index (χ0n) is 13.0. The maximum Gasteiger partial charge on any atom is 0.317 e. The maximum absolute atomic E-state index is 12.2. The third kappa shape index (κ3) is 3.13. The number of rotatable bonds is 5. The highest BCUT2D eigenvalue weighted by atomic mass is 16.3. The summed E-state index contributed by atoms with van der Waals surface area (Å²) in [6.45, 7) is 3.37. The highest BCUT2D eigenvalue weighted by Gasteiger charge is 2.20. The molecule has 118 valence electrons. The van der Waals surface area contributed by atoms with E-state index in [-0.39, 0.29) is 12.1 Å². The second kappa shape index (κ2) is 6.21. The van der Waals surface area contributed by atoms with Crippen molar-refractivity contribution in [2.24, 2.45) is 0 Å². The van der Waals surface area contributed by atoms with Crippen LogP contribution in [-0.4, -0.2) is 38.8 Å². The molecule has 0 fully saturated rings. The molecule has 2 aromatic rings. The SMILES string of the molecule is C[C@@H](Cc1ccco1)NC(=O)N(C)Cc1nnc2n1CCC2. The van der Waals surface area contributed by atoms with Gasteiger partial charge in [0.05, 0.1) is 12.8 Å². The Morgan fingerprint density at radius 1 is 1.55 bits per heavy atom. The third-order valence-electron chi connectivity index (χ3n) is 3.87. The highest BCUT2D eigenvalue weighted by molar-refractivity contribution is 5.74. The van der Waals surface area contributed by atoms with Crippen molar-refractivity contribution in [1.29, 1.82) is 0 Å². The number of urea groups is 1. The summed E-state index contributed by atoms with van der Waals surface area (Å²) >= 11 is 0. The number of fused-ring (bicyclic) bond motifs is 1. The van der Waals surface area contributed by atoms with Gasteiger partial charge in [-0.25, -0.2) is 4.79 Å². The van der Waals surface area contributed by atoms with Crippen LogP contribution in [0.3, 0.4) is 0 Å². The smallest absolute Gasteiger partial charge is 0.317 e. The molecule has 0 aromatic carbocycles. The molecule has 3 heterocycles. The van der Waals surface area contributed by atoms with E-state index < -0.39 is 0 Å². The Kier molecular flexibility index (Phi) is 4.13. The largest absolute Gasteiger partial charge is 0.469 e. The number of hydrogen-bond acceptors (Lipinski definition) is 4. The fraction of sp³-hybridized carbons (Fsp3) is 0.533. The fourth-order valence-corrected chi connectivity index (χ4v) is 2.71. The van der Waals surface area contributed by atoms with Crippen LogP contribution in [0.15, 0.2) is 22.8 Å². The molecule has 0 radical (unpaired) electrons. The number of hydrogen-bond donors (Lipinski definition) is 1. The molecule has 0 unspecified atom stereocenters. The minimum Gasteiger partial charge on any atom is -0.469 e. The molecule has 0 aliphatic carbocycles. The molecule has 3 rings (SSSR count). The predicted octanol–water partition coefficient (Wildman–Crippen LogP) is 1.59. The van der Waals surface area contributed by atoms with Crippen molar-refractivity contribution >= 4 is 6.03 Å². The van der Waals surface area contributed by atoms with Gasteiger partial charge in [0.25, 0.3) is 0 Å². The summed E-state index contributed by atoms with van der Waals surface area (Å²) in [6.07, 6.45) is 4.39. The summed E-state index contributed by atoms with van der Waals surface area (Å²) in [7, 11) is 1.77. The van der Waals surface area contributed by atoms with Crippen molar-refractivity contribution in [1.82, 2.24) is 25.0 Å². The molecular weight excluding hydrogens is 282 g/mol. The number of nitrogens with one attached hydrogen (secondary N) is 1. The van der Waals surface area contributed by atoms with Crippen LogP contribution in [0.5, 0.6) is 0 Å². The van der Waals surface area contributed by atoms with Gasteiger partial charge in [-0.1, -0.05) is 0 Å². The van der Waals surface area contributed by atoms with Crippen LogP contribution in [0.25, 0.3) is 0 Å². The molecule has 7 nitrogen and oxygen atoms in total. The van der Waals surface area contributed by atoms with Crippen molar-refractivity contribution in [2.45, 2.75) is 45.3 Å². The molecule has 7 heteroatoms. The molecule has 1 aliphatic heterocycles. The molecule has 0 saturated carbocycles. The van der Waals surface area contributed by atoms with E-state index in [2.05, 4.69) is 20.1 Å². The normalized spacial score (nSPS) is 14.6. The Bertz CT molecular complexity index is 634. The van der Waals surface area contributed by atoms with E-state index in [9.17, 15) is 4.79 Å². The molecule has 0 spiro atoms. The Hall–Kier alpha value is -2.31. The van der Waals surface area contributed by atoms with Crippen LogP contribution < -0.4 is 5.32 Å². The van der Waals surface area contributed by atoms with Crippen molar-refractivity contribution < 1.29 is 9.21 Å². The van der Waals surface area contributed by atoms with Crippen LogP contribution in [0.2, 0.25) is 0 Å². The van der Waals surface area contributed by atoms with E-state index in [0.29, 0.717) is 13.0 Å². The Morgan fingerprint density at radius 2 is 2.41 bits per heavy atom. The zero-order chi connectivity index (χ0) is 15.5. The van der Waals surface area contributed by atoms with Gasteiger partial charge in [0, 0.05) is 32.5 Å². The number of aromatic nitrogens is 3. The van der Waals surface area contributed by atoms with Crippen molar-refractivity contribution in [3.8, 4) is 0 Å². The van der Waals surface area contributed by atoms with Crippen LogP contribution in [0.1, 0.15) is 30.8 Å². The van der Waals surface area contributed by atoms with Gasteiger partial charge in [0.15, 0.2) is 5.82 Å². The average molecular weight is 303 g/mol. The number of carbonyl (C=O) groups excluding carboxylic acids is 1. The fourth-order valence-electron chi connectivity index (χ4n) is 2.71. The first-order valence-corrected chi connectivity index (χ1v) is 7.58. The van der Waals surface area contributed by atoms with E-state index in [1.807, 2.05) is 19.1 Å². The van der Waals surface area contributed by atoms with Gasteiger partial charge in [-0.3, -0.25) is 0 Å². The molecule has 1 aliphatic rings. The van der Waals surface area contributed by atoms with E-state index in [0.717, 1.165) is 36.8 Å². The van der Waals surface area contributed by atoms with Gasteiger partial charge in [-0.2, -0.15) is 0 Å². The van der Waals surface area contributed by atoms with Crippen LogP contribution >= 0.6 is 0 Å². The summed E-state index contributed by atoms with van der Waals surface area (Å²) in [4.78, 5) is 13.9. The summed E-state index contributed by atoms with van der Waals surface area (Å²) in [6, 6.07) is 3.65. The third-order valence-corrected chi connectivity index (χ3v) is 3.87. The second-order valence-electron chi connectivity index (χ2n) is 5.78. The molecule has 2 aromatic heterocycles. The Labute approximate surface area is 129 Å². The van der Waals surface area contributed by atoms with Gasteiger partial charge in [-0.15, -0.1) is 10.2 Å². The molecule has 1 atom stereocenters. The molecule has 2 amide bonds. The lowest BCUT2D eigenvalue weighted by atomic mass is 10.2. The van der Waals surface area contributed by atoms with Crippen molar-refractivity contribution in [3.63, 3.8) is 0 Å². The number of amides is 2. The van der Waals surface area contributed by atoms with Crippen LogP contribution in [0, 0.1) is 0 Å². The van der Waals surface area contributed by atoms with E-state index in [1.54, 1.807) is 18.2 Å². The van der Waals surface area contributed by atoms with Crippen molar-refractivity contribution in [3.05, 3.63) is 35.8 Å². The lowest BCUT2D eigenvalue weighted by Gasteiger charge is -2.20. The number of carbonyl (C=O) groups is 1. The summed E-state index contributed by atoms with van der Waals surface area (Å²) in [5.74, 6) is 2.74. The summed E-state index contributed by atoms with van der Waals surface area (Å²) in [5.41, 5.74) is 0. The topological polar surface area (TPSA) is 76.2 Å². The molecular formula is C15H21N5O2. The van der Waals surface area contributed by atoms with E-state index in [4.69, 9.17) is 4.42 Å². The first-order chi connectivity index (χ1) is 10.6. The Morgan fingerprint density at radius 3 is 3.18 bits per heavy atom. The molecule has 0 bridgehead atoms. The van der Waals surface area contributed by atoms with Gasteiger partial charge in [0.2, 0.25) is 0 Å². The summed E-state index contributed by atoms with van der Waals surface area (Å²) in [5, 5.41) is 11.3. The number of furan rings is 1. The lowest BCUT2D eigenvalue weighted by Crippen LogP contribution is -2.42. The minimum absolute atomic E-state index is 0.00483. The molecule has 1 N–H and O–H groups in total. The number of nitrogens with zero attached hydrogens (tertiary/aromatic N) is 4. The standard InChI is InChI=1S/C15H21N5O2/c1-11(9-12-5-4-8-22-12)16-15(21)19(2)10-14-18-17-13-6-3-7-20(13)14/h4-5,8,11H,3,6-7,9-10H2,1-2H3,(H,16,21)/t11-/m0/s1. The van der Waals surface area contributed by atoms with E-state index in [1.165, 1.54) is 0 Å². The Balaban J connectivity index is 1.53. The van der Waals surface area contributed by atoms with Crippen LogP contribution in [0.4, 0.5) is 4.79 Å². The van der Waals surface area contributed by atoms with Crippen molar-refractivity contribution in [2.75, 3.05) is 7.05 Å². The average Bonchev–Trinajstić information content (AvgIpc) is 3.17. The number of aryl methyl sites for hydroxylation is 1. The molecule has 22 heavy (non-hydrogen) atoms. The monoisotopic (exact) mass is 303 g/mol. The maximum atomic E-state index is 12.2. The molecule has 0 saturated heterocycles. The quantitative estimate of drug-likeness (QED) is 0.910. The van der Waals surface area contributed by atoms with Gasteiger partial charge in [-0.05, 0) is 25.5 Å². The minimum atomic E-state index is -0.116. The van der Waals surface area contributed by atoms with E-state index >= 15 is 0 Å². The highest BCUT2D eigenvalue weighted by Crippen LogP contribution is 2.15.